The van der Waals surface area contributed by atoms with E-state index >= 15 is 0 Å². The Morgan fingerprint density at radius 1 is 1.21 bits per heavy atom. The summed E-state index contributed by atoms with van der Waals surface area (Å²) in [5, 5.41) is 41.3. The summed E-state index contributed by atoms with van der Waals surface area (Å²) in [6.45, 7) is 1.95. The van der Waals surface area contributed by atoms with Gasteiger partial charge in [0.1, 0.15) is 23.4 Å². The van der Waals surface area contributed by atoms with Crippen molar-refractivity contribution in [3.8, 4) is 0 Å². The molecule has 5 atom stereocenters. The minimum Gasteiger partial charge on any atom is -0.390 e. The molecule has 9 heteroatoms. The third-order valence-corrected chi connectivity index (χ3v) is 6.02. The van der Waals surface area contributed by atoms with E-state index in [-0.39, 0.29) is 32.7 Å². The number of hydrogen-bond donors (Lipinski definition) is 3. The first-order chi connectivity index (χ1) is 13.4. The van der Waals surface area contributed by atoms with E-state index < -0.39 is 34.6 Å². The molecule has 28 heavy (non-hydrogen) atoms. The Morgan fingerprint density at radius 3 is 2.57 bits per heavy atom. The number of hydrogen-bond acceptors (Lipinski definition) is 8. The molecule has 0 amide bonds. The van der Waals surface area contributed by atoms with Crippen LogP contribution >= 0.6 is 0 Å². The van der Waals surface area contributed by atoms with Crippen LogP contribution in [0.25, 0.3) is 0 Å². The van der Waals surface area contributed by atoms with Gasteiger partial charge in [-0.05, 0) is 19.3 Å². The van der Waals surface area contributed by atoms with Gasteiger partial charge in [0.25, 0.3) is 5.09 Å². The lowest BCUT2D eigenvalue weighted by atomic mass is 9.78. The van der Waals surface area contributed by atoms with Crippen molar-refractivity contribution in [1.82, 2.24) is 0 Å². The van der Waals surface area contributed by atoms with Crippen molar-refractivity contribution < 1.29 is 34.7 Å². The summed E-state index contributed by atoms with van der Waals surface area (Å²) in [6.07, 6.45) is 5.92. The molecular weight excluding hydrogens is 370 g/mol. The number of aliphatic hydroxyl groups is 3. The first-order valence-corrected chi connectivity index (χ1v) is 10.5. The maximum Gasteiger partial charge on any atom is 0.294 e. The Hall–Kier alpha value is -1.00. The molecule has 0 bridgehead atoms. The molecule has 3 N–H and O–H groups in total. The van der Waals surface area contributed by atoms with E-state index in [0.29, 0.717) is 6.42 Å². The van der Waals surface area contributed by atoms with E-state index in [1.165, 1.54) is 25.7 Å². The highest BCUT2D eigenvalue weighted by atomic mass is 16.9. The molecule has 9 nitrogen and oxygen atoms in total. The van der Waals surface area contributed by atoms with Gasteiger partial charge in [-0.3, -0.25) is 0 Å². The topological polar surface area (TPSA) is 132 Å². The third kappa shape index (κ3) is 5.33. The maximum absolute atomic E-state index is 11.0. The van der Waals surface area contributed by atoms with Gasteiger partial charge >= 0.3 is 0 Å². The quantitative estimate of drug-likeness (QED) is 0.226. The van der Waals surface area contributed by atoms with Crippen molar-refractivity contribution in [3.63, 3.8) is 0 Å². The van der Waals surface area contributed by atoms with Crippen molar-refractivity contribution in [1.29, 1.82) is 0 Å². The van der Waals surface area contributed by atoms with Crippen LogP contribution in [0.1, 0.15) is 71.1 Å². The highest BCUT2D eigenvalue weighted by Gasteiger charge is 2.67. The van der Waals surface area contributed by atoms with Gasteiger partial charge in [0.05, 0.1) is 25.9 Å². The lowest BCUT2D eigenvalue weighted by Crippen LogP contribution is -2.57. The summed E-state index contributed by atoms with van der Waals surface area (Å²) in [5.41, 5.74) is -2.65. The summed E-state index contributed by atoms with van der Waals surface area (Å²) in [5.74, 6) is 0. The number of unbranched alkanes of at least 4 members (excludes halogenated alkanes) is 6. The van der Waals surface area contributed by atoms with E-state index in [0.717, 1.165) is 19.3 Å². The van der Waals surface area contributed by atoms with Crippen molar-refractivity contribution in [2.45, 2.75) is 101 Å². The van der Waals surface area contributed by atoms with E-state index in [9.17, 15) is 25.4 Å². The molecule has 164 valence electrons. The molecule has 1 unspecified atom stereocenters. The van der Waals surface area contributed by atoms with Gasteiger partial charge in [0.2, 0.25) is 0 Å². The Kier molecular flexibility index (Phi) is 8.88. The lowest BCUT2D eigenvalue weighted by Gasteiger charge is -2.35. The molecule has 2 heterocycles. The fourth-order valence-corrected chi connectivity index (χ4v) is 4.37. The normalized spacial score (nSPS) is 33.0. The van der Waals surface area contributed by atoms with Gasteiger partial charge in [-0.15, -0.1) is 10.1 Å². The molecule has 2 aliphatic rings. The summed E-state index contributed by atoms with van der Waals surface area (Å²) in [4.78, 5) is 14.4. The predicted molar refractivity (Wildman–Crippen MR) is 100 cm³/mol. The number of rotatable bonds is 14. The molecule has 0 aromatic rings. The standard InChI is InChI=1S/C19H35NO8/c1-2-3-4-5-6-7-8-11-19-16(22)13-26-17(19)18(23,14-27-19)15(21)10-9-12-28-20(24)25/h15-17,21-23H,2-14H2,1H3/t15?,16-,17+,18+,19+/m0/s1. The van der Waals surface area contributed by atoms with Gasteiger partial charge in [-0.1, -0.05) is 51.9 Å². The van der Waals surface area contributed by atoms with Crippen molar-refractivity contribution in [2.75, 3.05) is 19.8 Å². The highest BCUT2D eigenvalue weighted by molar-refractivity contribution is 5.15. The minimum atomic E-state index is -1.65. The zero-order chi connectivity index (χ0) is 20.6. The molecule has 0 aromatic heterocycles. The van der Waals surface area contributed by atoms with Crippen molar-refractivity contribution in [2.24, 2.45) is 0 Å². The molecule has 2 aliphatic heterocycles. The highest BCUT2D eigenvalue weighted by Crippen LogP contribution is 2.47. The summed E-state index contributed by atoms with van der Waals surface area (Å²) in [6, 6.07) is 0. The summed E-state index contributed by atoms with van der Waals surface area (Å²) >= 11 is 0. The fourth-order valence-electron chi connectivity index (χ4n) is 4.37. The Balaban J connectivity index is 1.86. The van der Waals surface area contributed by atoms with Crippen LogP contribution in [0.5, 0.6) is 0 Å². The van der Waals surface area contributed by atoms with Gasteiger partial charge in [-0.2, -0.15) is 0 Å². The van der Waals surface area contributed by atoms with E-state index in [1.807, 2.05) is 0 Å². The fraction of sp³-hybridized carbons (Fsp3) is 1.00. The lowest BCUT2D eigenvalue weighted by molar-refractivity contribution is -0.757. The average Bonchev–Trinajstić information content (AvgIpc) is 3.14. The van der Waals surface area contributed by atoms with Gasteiger partial charge in [0, 0.05) is 0 Å². The Labute approximate surface area is 166 Å². The third-order valence-electron chi connectivity index (χ3n) is 6.02. The van der Waals surface area contributed by atoms with Crippen LogP contribution in [0.2, 0.25) is 0 Å². The predicted octanol–water partition coefficient (Wildman–Crippen LogP) is 1.74. The molecule has 0 aromatic carbocycles. The SMILES string of the molecule is CCCCCCCCC[C@]12OC[C@@](O)(C(O)CCCO[N+](=O)[O-])[C@H]1OC[C@@H]2O. The number of aliphatic hydroxyl groups excluding tert-OH is 2. The number of fused-ring (bicyclic) bond motifs is 1. The van der Waals surface area contributed by atoms with Gasteiger partial charge in [-0.25, -0.2) is 0 Å². The van der Waals surface area contributed by atoms with Crippen molar-refractivity contribution >= 4 is 0 Å². The molecule has 0 saturated carbocycles. The maximum atomic E-state index is 11.0. The van der Waals surface area contributed by atoms with Crippen LogP contribution in [0.4, 0.5) is 0 Å². The largest absolute Gasteiger partial charge is 0.390 e. The first-order valence-electron chi connectivity index (χ1n) is 10.5. The van der Waals surface area contributed by atoms with Gasteiger partial charge in [0.15, 0.2) is 0 Å². The molecule has 0 aliphatic carbocycles. The van der Waals surface area contributed by atoms with Crippen LogP contribution in [-0.4, -0.2) is 69.7 Å². The second kappa shape index (κ2) is 10.7. The van der Waals surface area contributed by atoms with Crippen LogP contribution in [-0.2, 0) is 14.3 Å². The smallest absolute Gasteiger partial charge is 0.294 e. The van der Waals surface area contributed by atoms with Crippen molar-refractivity contribution in [3.05, 3.63) is 10.1 Å². The summed E-state index contributed by atoms with van der Waals surface area (Å²) in [7, 11) is 0. The average molecular weight is 405 g/mol. The van der Waals surface area contributed by atoms with Crippen LogP contribution in [0, 0.1) is 10.1 Å². The van der Waals surface area contributed by atoms with E-state index in [1.54, 1.807) is 0 Å². The first kappa shape index (κ1) is 23.3. The minimum absolute atomic E-state index is 0.0562. The summed E-state index contributed by atoms with van der Waals surface area (Å²) < 4.78 is 11.5. The van der Waals surface area contributed by atoms with E-state index in [4.69, 9.17) is 9.47 Å². The number of nitrogens with zero attached hydrogens (tertiary/aromatic N) is 1. The Bertz CT molecular complexity index is 493. The molecule has 0 spiro atoms. The molecule has 2 rings (SSSR count). The molecule has 2 saturated heterocycles. The zero-order valence-corrected chi connectivity index (χ0v) is 16.8. The number of ether oxygens (including phenoxy) is 2. The van der Waals surface area contributed by atoms with Crippen LogP contribution in [0.15, 0.2) is 0 Å². The second-order valence-electron chi connectivity index (χ2n) is 8.05. The van der Waals surface area contributed by atoms with Crippen LogP contribution in [0.3, 0.4) is 0 Å². The molecular formula is C19H35NO8. The van der Waals surface area contributed by atoms with Crippen LogP contribution < -0.4 is 0 Å². The molecule has 0 radical (unpaired) electrons. The van der Waals surface area contributed by atoms with Gasteiger partial charge < -0.3 is 29.6 Å². The Morgan fingerprint density at radius 2 is 1.89 bits per heavy atom. The zero-order valence-electron chi connectivity index (χ0n) is 16.8. The van der Waals surface area contributed by atoms with E-state index in [2.05, 4.69) is 11.8 Å². The monoisotopic (exact) mass is 405 g/mol. The molecule has 2 fully saturated rings. The second-order valence-corrected chi connectivity index (χ2v) is 8.05.